The van der Waals surface area contributed by atoms with E-state index in [2.05, 4.69) is 52.8 Å². The lowest BCUT2D eigenvalue weighted by Crippen LogP contribution is -2.60. The van der Waals surface area contributed by atoms with Gasteiger partial charge < -0.3 is 74.6 Å². The number of aliphatic carboxylic acids is 2. The number of aromatic hydroxyl groups is 1. The number of phenols is 1. The molecule has 2 aromatic rings. The molecule has 26 heteroatoms. The van der Waals surface area contributed by atoms with Crippen molar-refractivity contribution in [3.8, 4) is 5.75 Å². The average Bonchev–Trinajstić information content (AvgIpc) is 3.37. The highest BCUT2D eigenvalue weighted by Crippen LogP contribution is 2.15. The summed E-state index contributed by atoms with van der Waals surface area (Å²) < 4.78 is 0. The van der Waals surface area contributed by atoms with Crippen LogP contribution in [0.1, 0.15) is 97.1 Å². The molecule has 2 rings (SSSR count). The van der Waals surface area contributed by atoms with E-state index in [1.54, 1.807) is 58.0 Å². The van der Waals surface area contributed by atoms with Crippen LogP contribution in [0, 0.1) is 11.8 Å². The van der Waals surface area contributed by atoms with E-state index in [4.69, 9.17) is 11.5 Å². The highest BCUT2D eigenvalue weighted by Gasteiger charge is 2.35. The van der Waals surface area contributed by atoms with E-state index >= 15 is 0 Å². The summed E-state index contributed by atoms with van der Waals surface area (Å²) in [6, 6.07) is 4.97. The Morgan fingerprint density at radius 3 is 1.53 bits per heavy atom. The second-order valence-electron chi connectivity index (χ2n) is 18.8. The van der Waals surface area contributed by atoms with Crippen molar-refractivity contribution in [1.82, 2.24) is 47.9 Å². The normalized spacial score (nSPS) is 14.0. The molecular weight excluding hydrogens is 1000 g/mol. The Balaban J connectivity index is 2.43. The third kappa shape index (κ3) is 25.2. The van der Waals surface area contributed by atoms with Crippen LogP contribution in [0.15, 0.2) is 59.6 Å². The summed E-state index contributed by atoms with van der Waals surface area (Å²) in [5, 5.41) is 51.4. The van der Waals surface area contributed by atoms with Crippen LogP contribution in [-0.2, 0) is 65.6 Å². The van der Waals surface area contributed by atoms with Crippen LogP contribution in [-0.4, -0.2) is 149 Å². The van der Waals surface area contributed by atoms with E-state index in [-0.39, 0.29) is 62.7 Å². The van der Waals surface area contributed by atoms with Crippen LogP contribution in [0.3, 0.4) is 0 Å². The van der Waals surface area contributed by atoms with E-state index in [1.807, 2.05) is 0 Å². The minimum atomic E-state index is -1.47. The Bertz CT molecular complexity index is 2370. The summed E-state index contributed by atoms with van der Waals surface area (Å²) in [6.45, 7) is 7.38. The zero-order valence-electron chi connectivity index (χ0n) is 44.3. The van der Waals surface area contributed by atoms with Gasteiger partial charge in [0.15, 0.2) is 5.96 Å². The number of nitrogens with one attached hydrogen (secondary N) is 9. The molecule has 0 aromatic heterocycles. The number of guanidine groups is 1. The van der Waals surface area contributed by atoms with Gasteiger partial charge in [-0.05, 0) is 67.2 Å². The number of nitrogens with zero attached hydrogens (tertiary/aromatic N) is 1. The van der Waals surface area contributed by atoms with Crippen LogP contribution in [0.25, 0.3) is 0 Å². The van der Waals surface area contributed by atoms with Crippen molar-refractivity contribution in [3.63, 3.8) is 0 Å². The molecule has 1 unspecified atom stereocenters. The maximum absolute atomic E-state index is 14.5. The van der Waals surface area contributed by atoms with Crippen molar-refractivity contribution in [2.45, 2.75) is 141 Å². The summed E-state index contributed by atoms with van der Waals surface area (Å²) in [5.74, 6) is -10.9. The number of carboxylic acid groups (broad SMARTS) is 2. The number of rotatable bonds is 34. The second-order valence-corrected chi connectivity index (χ2v) is 18.8. The summed E-state index contributed by atoms with van der Waals surface area (Å²) in [5.41, 5.74) is 12.1. The van der Waals surface area contributed by atoms with Crippen LogP contribution in [0.2, 0.25) is 0 Å². The number of carboxylic acids is 2. The highest BCUT2D eigenvalue weighted by molar-refractivity contribution is 5.98. The molecule has 0 aliphatic heterocycles. The van der Waals surface area contributed by atoms with Gasteiger partial charge in [-0.15, -0.1) is 0 Å². The minimum absolute atomic E-state index is 0.0190. The van der Waals surface area contributed by atoms with Crippen LogP contribution in [0.4, 0.5) is 0 Å². The number of hydrogen-bond acceptors (Lipinski definition) is 13. The van der Waals surface area contributed by atoms with Crippen molar-refractivity contribution < 1.29 is 68.1 Å². The number of nitrogens with two attached hydrogens (primary N) is 2. The van der Waals surface area contributed by atoms with E-state index in [1.165, 1.54) is 38.2 Å². The first-order chi connectivity index (χ1) is 36.3. The first kappa shape index (κ1) is 64.8. The smallest absolute Gasteiger partial charge is 0.303 e. The number of carbonyl (C=O) groups is 11. The molecular formula is C51H76N12O14. The van der Waals surface area contributed by atoms with Gasteiger partial charge in [-0.2, -0.15) is 0 Å². The van der Waals surface area contributed by atoms with Gasteiger partial charge in [0.1, 0.15) is 48.0 Å². The molecule has 26 nitrogen and oxygen atoms in total. The summed E-state index contributed by atoms with van der Waals surface area (Å²) in [7, 11) is 1.31. The predicted octanol–water partition coefficient (Wildman–Crippen LogP) is -1.67. The van der Waals surface area contributed by atoms with Crippen LogP contribution < -0.4 is 59.3 Å². The summed E-state index contributed by atoms with van der Waals surface area (Å²) >= 11 is 0. The van der Waals surface area contributed by atoms with Gasteiger partial charge in [0.2, 0.25) is 53.2 Å². The molecule has 8 atom stereocenters. The lowest BCUT2D eigenvalue weighted by molar-refractivity contribution is -0.139. The quantitative estimate of drug-likeness (QED) is 0.0212. The third-order valence-electron chi connectivity index (χ3n) is 11.9. The molecule has 2 aromatic carbocycles. The van der Waals surface area contributed by atoms with Gasteiger partial charge in [0.25, 0.3) is 0 Å². The zero-order chi connectivity index (χ0) is 57.8. The topological polar surface area (TPSA) is 421 Å². The summed E-state index contributed by atoms with van der Waals surface area (Å²) in [4.78, 5) is 149. The Labute approximate surface area is 446 Å². The van der Waals surface area contributed by atoms with Gasteiger partial charge >= 0.3 is 11.9 Å². The van der Waals surface area contributed by atoms with Crippen molar-refractivity contribution in [2.75, 3.05) is 20.1 Å². The standard InChI is InChI=1S/C51H76N12O14/c1-7-29(4)43(63-40(66)27-56-45(72)36(20-22-42(69)70)60-48(75)38(57-30(5)64)25-31-12-9-8-10-13-31)50(77)62-39(26-32-15-17-33(65)18-16-32)49(76)58-34(14-11-23-55-51(52)53)46(73)61-37(24-28(2)3)47(74)59-35(44(71)54-6)19-21-41(67)68/h8-10,12-13,15-18,28-29,34-39,43,65H,7,11,14,19-27H2,1-6H3,(H,54,71)(H,56,72)(H,57,64)(H,58,76)(H,59,74)(H,60,75)(H,61,73)(H,62,77)(H,63,66)(H,67,68)(H,69,70)(H4,52,53,55)/t29?,34-,35-,36-,37-,38-,39-,43-/m0/s1. The highest BCUT2D eigenvalue weighted by atomic mass is 16.4. The molecule has 0 heterocycles. The van der Waals surface area contributed by atoms with Gasteiger partial charge in [0, 0.05) is 46.2 Å². The Hall–Kier alpha value is -8.32. The molecule has 0 spiro atoms. The monoisotopic (exact) mass is 1080 g/mol. The first-order valence-electron chi connectivity index (χ1n) is 25.2. The molecule has 0 bridgehead atoms. The SMILES string of the molecule is CCC(C)[C@H](NC(=O)CNC(=O)[C@H](CCC(=O)O)NC(=O)[C@H](Cc1ccccc1)NC(C)=O)C(=O)N[C@@H](Cc1ccc(O)cc1)C(=O)N[C@@H](CCCN=C(N)N)C(=O)N[C@@H](CC(C)C)C(=O)N[C@@H](CCC(=O)O)C(=O)NC. The van der Waals surface area contributed by atoms with E-state index < -0.39 is 139 Å². The molecule has 0 radical (unpaired) electrons. The molecule has 424 valence electrons. The number of phenolic OH excluding ortho intramolecular Hbond substituents is 1. The van der Waals surface area contributed by atoms with Crippen LogP contribution in [0.5, 0.6) is 5.75 Å². The van der Waals surface area contributed by atoms with Crippen molar-refractivity contribution in [1.29, 1.82) is 0 Å². The molecule has 77 heavy (non-hydrogen) atoms. The second kappa shape index (κ2) is 33.6. The number of likely N-dealkylation sites (N-methyl/N-ethyl adjacent to an activating group) is 1. The first-order valence-corrected chi connectivity index (χ1v) is 25.2. The predicted molar refractivity (Wildman–Crippen MR) is 281 cm³/mol. The number of hydrogen-bond donors (Lipinski definition) is 14. The molecule has 0 aliphatic carbocycles. The minimum Gasteiger partial charge on any atom is -0.508 e. The molecule has 0 saturated carbocycles. The van der Waals surface area contributed by atoms with Gasteiger partial charge in [-0.25, -0.2) is 0 Å². The van der Waals surface area contributed by atoms with Gasteiger partial charge in [-0.3, -0.25) is 57.7 Å². The maximum Gasteiger partial charge on any atom is 0.303 e. The number of carbonyl (C=O) groups excluding carboxylic acids is 9. The van der Waals surface area contributed by atoms with Gasteiger partial charge in [0.05, 0.1) is 6.54 Å². The maximum atomic E-state index is 14.5. The van der Waals surface area contributed by atoms with Crippen LogP contribution >= 0.6 is 0 Å². The number of benzene rings is 2. The third-order valence-corrected chi connectivity index (χ3v) is 11.9. The Morgan fingerprint density at radius 2 is 1.04 bits per heavy atom. The Kier molecular flexibility index (Phi) is 28.2. The molecule has 16 N–H and O–H groups in total. The number of aliphatic imine (C=N–C) groups is 1. The van der Waals surface area contributed by atoms with E-state index in [0.717, 1.165) is 0 Å². The summed E-state index contributed by atoms with van der Waals surface area (Å²) in [6.07, 6.45) is -1.45. The van der Waals surface area contributed by atoms with Gasteiger partial charge in [-0.1, -0.05) is 76.6 Å². The molecule has 9 amide bonds. The lowest BCUT2D eigenvalue weighted by Gasteiger charge is -2.29. The van der Waals surface area contributed by atoms with Crippen molar-refractivity contribution >= 4 is 71.1 Å². The lowest BCUT2D eigenvalue weighted by atomic mass is 9.97. The molecule has 0 aliphatic rings. The average molecular weight is 1080 g/mol. The van der Waals surface area contributed by atoms with Crippen molar-refractivity contribution in [2.24, 2.45) is 28.3 Å². The fraction of sp³-hybridized carbons (Fsp3) is 0.529. The fourth-order valence-electron chi connectivity index (χ4n) is 7.67. The molecule has 0 fully saturated rings. The fourth-order valence-corrected chi connectivity index (χ4v) is 7.67. The van der Waals surface area contributed by atoms with Crippen molar-refractivity contribution in [3.05, 3.63) is 65.7 Å². The number of amides is 9. The largest absolute Gasteiger partial charge is 0.508 e. The zero-order valence-corrected chi connectivity index (χ0v) is 44.3. The van der Waals surface area contributed by atoms with E-state index in [0.29, 0.717) is 17.5 Å². The molecule has 0 saturated heterocycles. The van der Waals surface area contributed by atoms with E-state index in [9.17, 15) is 68.1 Å². The Morgan fingerprint density at radius 1 is 0.571 bits per heavy atom.